The Morgan fingerprint density at radius 3 is 2.86 bits per heavy atom. The van der Waals surface area contributed by atoms with Crippen molar-refractivity contribution in [1.82, 2.24) is 0 Å². The van der Waals surface area contributed by atoms with E-state index in [1.54, 1.807) is 6.07 Å². The van der Waals surface area contributed by atoms with E-state index in [-0.39, 0.29) is 35.7 Å². The van der Waals surface area contributed by atoms with Gasteiger partial charge in [-0.3, -0.25) is 4.99 Å². The van der Waals surface area contributed by atoms with Gasteiger partial charge < -0.3 is 15.8 Å². The van der Waals surface area contributed by atoms with E-state index in [1.807, 2.05) is 11.8 Å². The van der Waals surface area contributed by atoms with Crippen LogP contribution in [0.25, 0.3) is 0 Å². The minimum atomic E-state index is -4.71. The van der Waals surface area contributed by atoms with E-state index in [1.165, 1.54) is 24.6 Å². The molecular formula is C13H17F3IN3OS. The van der Waals surface area contributed by atoms with Crippen LogP contribution >= 0.6 is 35.7 Å². The molecule has 22 heavy (non-hydrogen) atoms. The first-order chi connectivity index (χ1) is 9.92. The van der Waals surface area contributed by atoms with Crippen LogP contribution in [0.5, 0.6) is 5.75 Å². The highest BCUT2D eigenvalue weighted by Gasteiger charge is 2.31. The van der Waals surface area contributed by atoms with Crippen molar-refractivity contribution in [2.24, 2.45) is 10.7 Å². The summed E-state index contributed by atoms with van der Waals surface area (Å²) in [7, 11) is 0. The zero-order valence-corrected chi connectivity index (χ0v) is 14.7. The molecule has 2 rings (SSSR count). The van der Waals surface area contributed by atoms with Gasteiger partial charge in [0, 0.05) is 17.0 Å². The molecule has 1 aromatic carbocycles. The molecular weight excluding hydrogens is 430 g/mol. The second-order valence-electron chi connectivity index (χ2n) is 4.56. The number of guanidine groups is 1. The van der Waals surface area contributed by atoms with Gasteiger partial charge in [-0.2, -0.15) is 11.8 Å². The number of hydrogen-bond donors (Lipinski definition) is 2. The highest BCUT2D eigenvalue weighted by molar-refractivity contribution is 14.0. The van der Waals surface area contributed by atoms with Gasteiger partial charge in [-0.25, -0.2) is 0 Å². The molecule has 0 aromatic heterocycles. The number of alkyl halides is 3. The van der Waals surface area contributed by atoms with Crippen molar-refractivity contribution >= 4 is 47.4 Å². The third-order valence-corrected chi connectivity index (χ3v) is 4.21. The number of aliphatic imine (C=N–C) groups is 1. The number of nitrogens with two attached hydrogens (primary N) is 1. The maximum Gasteiger partial charge on any atom is 0.573 e. The molecule has 1 aliphatic heterocycles. The van der Waals surface area contributed by atoms with E-state index in [0.29, 0.717) is 17.5 Å². The van der Waals surface area contributed by atoms with E-state index in [9.17, 15) is 13.2 Å². The van der Waals surface area contributed by atoms with Crippen molar-refractivity contribution in [3.63, 3.8) is 0 Å². The van der Waals surface area contributed by atoms with Gasteiger partial charge in [-0.1, -0.05) is 6.07 Å². The number of anilines is 1. The molecule has 0 bridgehead atoms. The lowest BCUT2D eigenvalue weighted by Gasteiger charge is -2.11. The Kier molecular flexibility index (Phi) is 7.60. The van der Waals surface area contributed by atoms with Gasteiger partial charge >= 0.3 is 6.36 Å². The summed E-state index contributed by atoms with van der Waals surface area (Å²) in [5, 5.41) is 3.24. The molecule has 0 aliphatic carbocycles. The average Bonchev–Trinajstić information content (AvgIpc) is 2.87. The van der Waals surface area contributed by atoms with Crippen LogP contribution in [0.3, 0.4) is 0 Å². The first kappa shape index (κ1) is 19.2. The highest BCUT2D eigenvalue weighted by Crippen LogP contribution is 2.26. The maximum absolute atomic E-state index is 12.1. The van der Waals surface area contributed by atoms with Gasteiger partial charge in [0.1, 0.15) is 5.75 Å². The molecule has 1 saturated heterocycles. The van der Waals surface area contributed by atoms with E-state index in [0.717, 1.165) is 12.2 Å². The van der Waals surface area contributed by atoms with Gasteiger partial charge in [-0.05, 0) is 30.7 Å². The SMILES string of the molecule is I.NC(=NCC1CCCS1)Nc1cccc(OC(F)(F)F)c1. The molecule has 0 amide bonds. The molecule has 124 valence electrons. The summed E-state index contributed by atoms with van der Waals surface area (Å²) in [6, 6.07) is 5.49. The zero-order chi connectivity index (χ0) is 15.3. The van der Waals surface area contributed by atoms with E-state index >= 15 is 0 Å². The number of thioether (sulfide) groups is 1. The van der Waals surface area contributed by atoms with Gasteiger partial charge in [0.25, 0.3) is 0 Å². The lowest BCUT2D eigenvalue weighted by molar-refractivity contribution is -0.274. The second-order valence-corrected chi connectivity index (χ2v) is 5.97. The Hall–Kier alpha value is -0.840. The summed E-state index contributed by atoms with van der Waals surface area (Å²) < 4.78 is 40.2. The van der Waals surface area contributed by atoms with E-state index in [4.69, 9.17) is 5.73 Å². The highest BCUT2D eigenvalue weighted by atomic mass is 127. The van der Waals surface area contributed by atoms with Crippen LogP contribution < -0.4 is 15.8 Å². The maximum atomic E-state index is 12.1. The summed E-state index contributed by atoms with van der Waals surface area (Å²) in [4.78, 5) is 4.21. The smallest absolute Gasteiger partial charge is 0.406 e. The minimum absolute atomic E-state index is 0. The number of ether oxygens (including phenoxy) is 1. The first-order valence-electron chi connectivity index (χ1n) is 6.47. The number of nitrogens with zero attached hydrogens (tertiary/aromatic N) is 1. The van der Waals surface area contributed by atoms with Crippen molar-refractivity contribution in [3.8, 4) is 5.75 Å². The van der Waals surface area contributed by atoms with Gasteiger partial charge in [0.05, 0.1) is 6.54 Å². The number of benzene rings is 1. The third-order valence-electron chi connectivity index (χ3n) is 2.83. The van der Waals surface area contributed by atoms with Crippen molar-refractivity contribution in [1.29, 1.82) is 0 Å². The summed E-state index contributed by atoms with van der Waals surface area (Å²) in [5.74, 6) is 1.03. The topological polar surface area (TPSA) is 59.6 Å². The molecule has 3 N–H and O–H groups in total. The predicted octanol–water partition coefficient (Wildman–Crippen LogP) is 3.83. The lowest BCUT2D eigenvalue weighted by atomic mass is 10.2. The Morgan fingerprint density at radius 1 is 1.45 bits per heavy atom. The molecule has 0 spiro atoms. The van der Waals surface area contributed by atoms with Crippen LogP contribution in [0.4, 0.5) is 18.9 Å². The molecule has 1 atom stereocenters. The number of hydrogen-bond acceptors (Lipinski definition) is 3. The Balaban J connectivity index is 0.00000242. The standard InChI is InChI=1S/C13H16F3N3OS.HI/c14-13(15,16)20-10-4-1-3-9(7-10)19-12(17)18-8-11-5-2-6-21-11;/h1,3-4,7,11H,2,5-6,8H2,(H3,17,18,19);1H. The van der Waals surface area contributed by atoms with Crippen LogP contribution in [0, 0.1) is 0 Å². The molecule has 4 nitrogen and oxygen atoms in total. The van der Waals surface area contributed by atoms with Crippen molar-refractivity contribution in [2.45, 2.75) is 24.5 Å². The molecule has 1 heterocycles. The summed E-state index contributed by atoms with van der Waals surface area (Å²) in [6.07, 6.45) is -2.40. The Bertz CT molecular complexity index is 508. The first-order valence-corrected chi connectivity index (χ1v) is 7.51. The van der Waals surface area contributed by atoms with Crippen LogP contribution in [0.1, 0.15) is 12.8 Å². The van der Waals surface area contributed by atoms with E-state index < -0.39 is 6.36 Å². The largest absolute Gasteiger partial charge is 0.573 e. The Morgan fingerprint density at radius 2 is 2.23 bits per heavy atom. The number of rotatable bonds is 4. The minimum Gasteiger partial charge on any atom is -0.406 e. The third kappa shape index (κ3) is 6.95. The van der Waals surface area contributed by atoms with Crippen molar-refractivity contribution in [2.75, 3.05) is 17.6 Å². The van der Waals surface area contributed by atoms with Crippen molar-refractivity contribution in [3.05, 3.63) is 24.3 Å². The average molecular weight is 447 g/mol. The summed E-state index contributed by atoms with van der Waals surface area (Å²) >= 11 is 1.86. The monoisotopic (exact) mass is 447 g/mol. The summed E-state index contributed by atoms with van der Waals surface area (Å²) in [6.45, 7) is 0.613. The normalized spacial score (nSPS) is 18.7. The number of halogens is 4. The fourth-order valence-electron chi connectivity index (χ4n) is 1.95. The van der Waals surface area contributed by atoms with Gasteiger partial charge in [-0.15, -0.1) is 37.1 Å². The second kappa shape index (κ2) is 8.70. The quantitative estimate of drug-likeness (QED) is 0.419. The van der Waals surface area contributed by atoms with Crippen molar-refractivity contribution < 1.29 is 17.9 Å². The molecule has 1 aromatic rings. The molecule has 0 radical (unpaired) electrons. The molecule has 1 aliphatic rings. The van der Waals surface area contributed by atoms with Crippen LogP contribution in [0.15, 0.2) is 29.3 Å². The van der Waals surface area contributed by atoms with Crippen LogP contribution in [-0.4, -0.2) is 29.9 Å². The van der Waals surface area contributed by atoms with Crippen LogP contribution in [-0.2, 0) is 0 Å². The predicted molar refractivity (Wildman–Crippen MR) is 94.1 cm³/mol. The van der Waals surface area contributed by atoms with E-state index in [2.05, 4.69) is 15.0 Å². The molecule has 9 heteroatoms. The van der Waals surface area contributed by atoms with Gasteiger partial charge in [0.15, 0.2) is 5.96 Å². The molecule has 1 fully saturated rings. The summed E-state index contributed by atoms with van der Waals surface area (Å²) in [5.41, 5.74) is 6.13. The fraction of sp³-hybridized carbons (Fsp3) is 0.462. The fourth-order valence-corrected chi connectivity index (χ4v) is 3.13. The lowest BCUT2D eigenvalue weighted by Crippen LogP contribution is -2.24. The van der Waals surface area contributed by atoms with Crippen LogP contribution in [0.2, 0.25) is 0 Å². The molecule has 0 saturated carbocycles. The van der Waals surface area contributed by atoms with Gasteiger partial charge in [0.2, 0.25) is 0 Å². The number of nitrogens with one attached hydrogen (secondary N) is 1. The zero-order valence-electron chi connectivity index (χ0n) is 11.6. The molecule has 1 unspecified atom stereocenters. The Labute approximate surface area is 148 Å².